The first kappa shape index (κ1) is 17.4. The number of nitro groups is 1. The van der Waals surface area contributed by atoms with Crippen molar-refractivity contribution in [3.63, 3.8) is 0 Å². The zero-order valence-electron chi connectivity index (χ0n) is 13.7. The average molecular weight is 357 g/mol. The van der Waals surface area contributed by atoms with Crippen LogP contribution in [0.1, 0.15) is 37.7 Å². The lowest BCUT2D eigenvalue weighted by Gasteiger charge is -2.17. The van der Waals surface area contributed by atoms with Crippen LogP contribution in [0.3, 0.4) is 0 Å². The van der Waals surface area contributed by atoms with Gasteiger partial charge in [-0.15, -0.1) is 0 Å². The molecule has 25 heavy (non-hydrogen) atoms. The van der Waals surface area contributed by atoms with Gasteiger partial charge in [-0.25, -0.2) is 0 Å². The third-order valence-corrected chi connectivity index (χ3v) is 5.12. The normalized spacial score (nSPS) is 22.0. The van der Waals surface area contributed by atoms with Crippen molar-refractivity contribution >= 4 is 34.6 Å². The molecule has 0 radical (unpaired) electrons. The number of carbonyl (C=O) groups excluding carboxylic acids is 1. The van der Waals surface area contributed by atoms with E-state index in [4.69, 9.17) is 0 Å². The standard InChI is InChI=1S/C18H19N3O3S/c22-17-16(25-18(20-17)19-14-9-2-1-3-10-14)12-6-8-13-7-4-5-11-15(13)21(23)24/h4-8,11-12,14H,1-3,9-10H2,(H,19,20,22)/b8-6+,16-12-. The maximum absolute atomic E-state index is 12.0. The van der Waals surface area contributed by atoms with Gasteiger partial charge in [0, 0.05) is 6.07 Å². The van der Waals surface area contributed by atoms with Gasteiger partial charge in [0.2, 0.25) is 0 Å². The summed E-state index contributed by atoms with van der Waals surface area (Å²) in [6.45, 7) is 0. The molecule has 1 amide bonds. The van der Waals surface area contributed by atoms with E-state index >= 15 is 0 Å². The quantitative estimate of drug-likeness (QED) is 0.500. The van der Waals surface area contributed by atoms with Gasteiger partial charge in [0.25, 0.3) is 11.6 Å². The predicted octanol–water partition coefficient (Wildman–Crippen LogP) is 4.04. The van der Waals surface area contributed by atoms with Crippen molar-refractivity contribution in [1.82, 2.24) is 5.32 Å². The Kier molecular flexibility index (Phi) is 5.65. The predicted molar refractivity (Wildman–Crippen MR) is 100 cm³/mol. The van der Waals surface area contributed by atoms with Gasteiger partial charge in [0.15, 0.2) is 5.17 Å². The van der Waals surface area contributed by atoms with E-state index in [0.717, 1.165) is 12.8 Å². The molecular weight excluding hydrogens is 338 g/mol. The number of amides is 1. The van der Waals surface area contributed by atoms with Gasteiger partial charge in [-0.3, -0.25) is 19.9 Å². The molecule has 1 saturated carbocycles. The van der Waals surface area contributed by atoms with Gasteiger partial charge in [-0.2, -0.15) is 0 Å². The zero-order chi connectivity index (χ0) is 17.6. The van der Waals surface area contributed by atoms with Crippen LogP contribution in [0, 0.1) is 10.1 Å². The summed E-state index contributed by atoms with van der Waals surface area (Å²) >= 11 is 1.32. The molecule has 130 valence electrons. The monoisotopic (exact) mass is 357 g/mol. The van der Waals surface area contributed by atoms with Crippen LogP contribution in [0.25, 0.3) is 6.08 Å². The molecule has 1 N–H and O–H groups in total. The lowest BCUT2D eigenvalue weighted by Crippen LogP contribution is -2.22. The highest BCUT2D eigenvalue weighted by molar-refractivity contribution is 8.18. The lowest BCUT2D eigenvalue weighted by molar-refractivity contribution is -0.385. The summed E-state index contributed by atoms with van der Waals surface area (Å²) in [7, 11) is 0. The van der Waals surface area contributed by atoms with Gasteiger partial charge < -0.3 is 5.32 Å². The number of amidine groups is 1. The molecule has 0 aromatic heterocycles. The lowest BCUT2D eigenvalue weighted by atomic mass is 9.96. The second kappa shape index (κ2) is 8.11. The third kappa shape index (κ3) is 4.57. The fourth-order valence-corrected chi connectivity index (χ4v) is 3.76. The number of benzene rings is 1. The molecule has 7 heteroatoms. The highest BCUT2D eigenvalue weighted by atomic mass is 32.2. The Hall–Kier alpha value is -2.41. The Morgan fingerprint density at radius 3 is 2.76 bits per heavy atom. The first-order valence-corrected chi connectivity index (χ1v) is 9.14. The fraction of sp³-hybridized carbons (Fsp3) is 0.333. The maximum Gasteiger partial charge on any atom is 0.276 e. The van der Waals surface area contributed by atoms with Crippen LogP contribution < -0.4 is 5.32 Å². The number of aliphatic imine (C=N–C) groups is 1. The second-order valence-corrected chi connectivity index (χ2v) is 7.02. The van der Waals surface area contributed by atoms with Gasteiger partial charge in [0.1, 0.15) is 0 Å². The van der Waals surface area contributed by atoms with Crippen molar-refractivity contribution < 1.29 is 9.72 Å². The average Bonchev–Trinajstić information content (AvgIpc) is 2.95. The number of hydrogen-bond donors (Lipinski definition) is 1. The van der Waals surface area contributed by atoms with Crippen molar-refractivity contribution in [2.45, 2.75) is 38.1 Å². The zero-order valence-corrected chi connectivity index (χ0v) is 14.5. The van der Waals surface area contributed by atoms with Crippen molar-refractivity contribution in [1.29, 1.82) is 0 Å². The number of nitrogens with one attached hydrogen (secondary N) is 1. The Labute approximate surface area is 150 Å². The number of allylic oxidation sites excluding steroid dienone is 2. The van der Waals surface area contributed by atoms with E-state index < -0.39 is 4.92 Å². The largest absolute Gasteiger partial charge is 0.301 e. The Morgan fingerprint density at radius 2 is 2.00 bits per heavy atom. The summed E-state index contributed by atoms with van der Waals surface area (Å²) in [5.41, 5.74) is 0.545. The molecule has 1 aromatic rings. The smallest absolute Gasteiger partial charge is 0.276 e. The van der Waals surface area contributed by atoms with Gasteiger partial charge in [-0.05, 0) is 42.8 Å². The summed E-state index contributed by atoms with van der Waals surface area (Å²) in [6, 6.07) is 6.80. The van der Waals surface area contributed by atoms with Crippen LogP contribution in [0.15, 0.2) is 46.3 Å². The number of para-hydroxylation sites is 1. The minimum Gasteiger partial charge on any atom is -0.301 e. The first-order valence-electron chi connectivity index (χ1n) is 8.32. The molecule has 3 rings (SSSR count). The summed E-state index contributed by atoms with van der Waals surface area (Å²) in [4.78, 5) is 27.8. The molecule has 0 atom stereocenters. The summed E-state index contributed by atoms with van der Waals surface area (Å²) in [5.74, 6) is -0.174. The van der Waals surface area contributed by atoms with E-state index in [9.17, 15) is 14.9 Å². The van der Waals surface area contributed by atoms with Crippen LogP contribution >= 0.6 is 11.8 Å². The molecule has 2 aliphatic rings. The van der Waals surface area contributed by atoms with Crippen LogP contribution in [0.4, 0.5) is 5.69 Å². The van der Waals surface area contributed by atoms with Gasteiger partial charge >= 0.3 is 0 Å². The van der Waals surface area contributed by atoms with Crippen molar-refractivity contribution in [3.8, 4) is 0 Å². The molecule has 1 saturated heterocycles. The van der Waals surface area contributed by atoms with Crippen LogP contribution in [0.2, 0.25) is 0 Å². The molecule has 2 fully saturated rings. The molecule has 1 aliphatic heterocycles. The second-order valence-electron chi connectivity index (χ2n) is 5.99. The minimum absolute atomic E-state index is 0.0419. The van der Waals surface area contributed by atoms with E-state index in [-0.39, 0.29) is 11.6 Å². The molecule has 0 bridgehead atoms. The van der Waals surface area contributed by atoms with Crippen molar-refractivity contribution in [2.75, 3.05) is 0 Å². The minimum atomic E-state index is -0.418. The van der Waals surface area contributed by atoms with Crippen LogP contribution in [-0.4, -0.2) is 22.0 Å². The number of rotatable bonds is 4. The number of thioether (sulfide) groups is 1. The van der Waals surface area contributed by atoms with E-state index in [1.165, 1.54) is 37.1 Å². The summed E-state index contributed by atoms with van der Waals surface area (Å²) in [6.07, 6.45) is 10.8. The molecule has 1 aromatic carbocycles. The van der Waals surface area contributed by atoms with Crippen molar-refractivity contribution in [3.05, 3.63) is 57.0 Å². The van der Waals surface area contributed by atoms with E-state index in [2.05, 4.69) is 10.3 Å². The Bertz CT molecular complexity index is 765. The Morgan fingerprint density at radius 1 is 1.24 bits per heavy atom. The van der Waals surface area contributed by atoms with E-state index in [1.54, 1.807) is 36.4 Å². The van der Waals surface area contributed by atoms with Crippen molar-refractivity contribution in [2.24, 2.45) is 4.99 Å². The molecular formula is C18H19N3O3S. The van der Waals surface area contributed by atoms with Crippen LogP contribution in [-0.2, 0) is 4.79 Å². The SMILES string of the molecule is O=C1NC(=NC2CCCCC2)S/C1=C\C=C\c1ccccc1[N+](=O)[O-]. The number of nitro benzene ring substituents is 1. The van der Waals surface area contributed by atoms with Gasteiger partial charge in [-0.1, -0.05) is 37.5 Å². The molecule has 0 unspecified atom stereocenters. The van der Waals surface area contributed by atoms with Crippen LogP contribution in [0.5, 0.6) is 0 Å². The molecule has 1 aliphatic carbocycles. The number of carbonyl (C=O) groups is 1. The summed E-state index contributed by atoms with van der Waals surface area (Å²) < 4.78 is 0. The van der Waals surface area contributed by atoms with Gasteiger partial charge in [0.05, 0.1) is 21.4 Å². The van der Waals surface area contributed by atoms with E-state index in [0.29, 0.717) is 21.7 Å². The maximum atomic E-state index is 12.0. The fourth-order valence-electron chi connectivity index (χ4n) is 2.91. The molecule has 0 spiro atoms. The highest BCUT2D eigenvalue weighted by Gasteiger charge is 2.24. The number of nitrogens with zero attached hydrogens (tertiary/aromatic N) is 2. The third-order valence-electron chi connectivity index (χ3n) is 4.18. The number of hydrogen-bond acceptors (Lipinski definition) is 5. The van der Waals surface area contributed by atoms with E-state index in [1.807, 2.05) is 0 Å². The first-order chi connectivity index (χ1) is 12.1. The Balaban J connectivity index is 1.69. The molecule has 6 nitrogen and oxygen atoms in total. The topological polar surface area (TPSA) is 84.6 Å². The molecule has 1 heterocycles. The summed E-state index contributed by atoms with van der Waals surface area (Å²) in [5, 5.41) is 14.4. The highest BCUT2D eigenvalue weighted by Crippen LogP contribution is 2.27.